The number of imidazole rings is 1. The molecule has 1 aromatic heterocycles. The third kappa shape index (κ3) is 6.36. The summed E-state index contributed by atoms with van der Waals surface area (Å²) in [5.41, 5.74) is -2.69. The van der Waals surface area contributed by atoms with Crippen LogP contribution in [0.15, 0.2) is 47.3 Å². The smallest absolute Gasteiger partial charge is 0.336 e. The zero-order valence-corrected chi connectivity index (χ0v) is 24.4. The molecule has 236 valence electrons. The quantitative estimate of drug-likeness (QED) is 0.230. The van der Waals surface area contributed by atoms with Crippen molar-refractivity contribution in [3.8, 4) is 17.2 Å². The first-order chi connectivity index (χ1) is 20.9. The number of likely N-dealkylation sites (tertiary alicyclic amines) is 1. The topological polar surface area (TPSA) is 190 Å². The van der Waals surface area contributed by atoms with Gasteiger partial charge in [0.1, 0.15) is 12.4 Å². The Morgan fingerprint density at radius 3 is 2.52 bits per heavy atom. The number of nitrogens with one attached hydrogen (secondary N) is 1. The van der Waals surface area contributed by atoms with Crippen LogP contribution in [0.3, 0.4) is 0 Å². The zero-order valence-electron chi connectivity index (χ0n) is 24.4. The van der Waals surface area contributed by atoms with Gasteiger partial charge in [0, 0.05) is 31.7 Å². The number of aliphatic hydroxyl groups is 1. The number of esters is 1. The lowest BCUT2D eigenvalue weighted by Crippen LogP contribution is -2.58. The summed E-state index contributed by atoms with van der Waals surface area (Å²) in [7, 11) is 1.52. The van der Waals surface area contributed by atoms with E-state index in [9.17, 15) is 29.4 Å². The second-order valence-electron chi connectivity index (χ2n) is 11.4. The highest BCUT2D eigenvalue weighted by atomic mass is 16.6. The van der Waals surface area contributed by atoms with E-state index in [4.69, 9.17) is 24.1 Å². The molecule has 3 aromatic rings. The number of aliphatic carboxylic acids is 2. The molecule has 14 heteroatoms. The van der Waals surface area contributed by atoms with Crippen molar-refractivity contribution in [2.75, 3.05) is 33.4 Å². The van der Waals surface area contributed by atoms with Crippen LogP contribution in [-0.2, 0) is 19.1 Å². The number of methoxy groups -OCH3 is 1. The summed E-state index contributed by atoms with van der Waals surface area (Å²) < 4.78 is 25.1. The average molecular weight is 614 g/mol. The van der Waals surface area contributed by atoms with Crippen molar-refractivity contribution in [1.82, 2.24) is 14.5 Å². The van der Waals surface area contributed by atoms with Crippen molar-refractivity contribution in [2.45, 2.75) is 56.0 Å². The van der Waals surface area contributed by atoms with Crippen LogP contribution in [-0.4, -0.2) is 98.3 Å². The number of nitrogens with zero attached hydrogens (tertiary/aromatic N) is 2. The lowest BCUT2D eigenvalue weighted by Gasteiger charge is -2.43. The van der Waals surface area contributed by atoms with Gasteiger partial charge in [0.25, 0.3) is 0 Å². The number of hydrogen-bond donors (Lipinski definition) is 4. The molecule has 3 atom stereocenters. The van der Waals surface area contributed by atoms with Crippen LogP contribution in [0.5, 0.6) is 17.2 Å². The van der Waals surface area contributed by atoms with Crippen molar-refractivity contribution in [3.63, 3.8) is 0 Å². The Balaban J connectivity index is 1.34. The maximum Gasteiger partial charge on any atom is 0.336 e. The number of hydrogen-bond acceptors (Lipinski definition) is 10. The lowest BCUT2D eigenvalue weighted by molar-refractivity contribution is -0.181. The van der Waals surface area contributed by atoms with E-state index in [1.54, 1.807) is 29.7 Å². The van der Waals surface area contributed by atoms with Crippen LogP contribution >= 0.6 is 0 Å². The summed E-state index contributed by atoms with van der Waals surface area (Å²) in [5.74, 6) is -3.17. The third-order valence-electron chi connectivity index (χ3n) is 8.21. The zero-order chi connectivity index (χ0) is 31.6. The number of H-pyrrole nitrogens is 1. The SMILES string of the molecule is COc1ccc2c(c1)OCC(C)(C(CN1CCC(n3c(=O)[nH]c4ccccc43)CC1)OC(=O)CC(O)(CC(=O)O)C(=O)O)O2. The van der Waals surface area contributed by atoms with Gasteiger partial charge < -0.3 is 39.3 Å². The Morgan fingerprint density at radius 1 is 1.11 bits per heavy atom. The minimum absolute atomic E-state index is 0.0371. The maximum absolute atomic E-state index is 13.1. The molecule has 2 aliphatic rings. The Hall–Kier alpha value is -4.56. The van der Waals surface area contributed by atoms with Crippen LogP contribution in [0.1, 0.15) is 38.6 Å². The molecule has 0 saturated carbocycles. The fourth-order valence-corrected chi connectivity index (χ4v) is 5.76. The monoisotopic (exact) mass is 613 g/mol. The summed E-state index contributed by atoms with van der Waals surface area (Å²) >= 11 is 0. The Labute approximate surface area is 251 Å². The molecule has 0 bridgehead atoms. The van der Waals surface area contributed by atoms with Crippen LogP contribution in [0.25, 0.3) is 11.0 Å². The van der Waals surface area contributed by atoms with E-state index in [2.05, 4.69) is 4.98 Å². The summed E-state index contributed by atoms with van der Waals surface area (Å²) in [6.07, 6.45) is -2.01. The van der Waals surface area contributed by atoms with Crippen LogP contribution in [0.4, 0.5) is 0 Å². The molecule has 1 fully saturated rings. The van der Waals surface area contributed by atoms with Crippen LogP contribution in [0.2, 0.25) is 0 Å². The van der Waals surface area contributed by atoms with E-state index in [-0.39, 0.29) is 24.9 Å². The van der Waals surface area contributed by atoms with E-state index in [0.717, 1.165) is 11.0 Å². The second-order valence-corrected chi connectivity index (χ2v) is 11.4. The Morgan fingerprint density at radius 2 is 1.84 bits per heavy atom. The van der Waals surface area contributed by atoms with E-state index in [1.165, 1.54) is 7.11 Å². The molecule has 0 spiro atoms. The van der Waals surface area contributed by atoms with Crippen LogP contribution < -0.4 is 19.9 Å². The predicted octanol–water partition coefficient (Wildman–Crippen LogP) is 1.80. The first-order valence-electron chi connectivity index (χ1n) is 14.2. The van der Waals surface area contributed by atoms with E-state index >= 15 is 0 Å². The highest BCUT2D eigenvalue weighted by Crippen LogP contribution is 2.40. The normalized spacial score (nSPS) is 20.9. The molecule has 14 nitrogen and oxygen atoms in total. The van der Waals surface area contributed by atoms with Gasteiger partial charge in [0.15, 0.2) is 28.8 Å². The van der Waals surface area contributed by atoms with Crippen molar-refractivity contribution in [1.29, 1.82) is 0 Å². The highest BCUT2D eigenvalue weighted by Gasteiger charge is 2.47. The first-order valence-corrected chi connectivity index (χ1v) is 14.2. The molecule has 1 saturated heterocycles. The number of benzene rings is 2. The molecule has 3 heterocycles. The Kier molecular flexibility index (Phi) is 8.57. The van der Waals surface area contributed by atoms with E-state index < -0.39 is 48.1 Å². The van der Waals surface area contributed by atoms with Gasteiger partial charge in [0.05, 0.1) is 31.0 Å². The highest BCUT2D eigenvalue weighted by molar-refractivity contribution is 5.88. The number of aromatic nitrogens is 2. The number of carbonyl (C=O) groups excluding carboxylic acids is 1. The molecular weight excluding hydrogens is 578 g/mol. The second kappa shape index (κ2) is 12.2. The fourth-order valence-electron chi connectivity index (χ4n) is 5.76. The van der Waals surface area contributed by atoms with Gasteiger partial charge in [-0.1, -0.05) is 12.1 Å². The Bertz CT molecular complexity index is 1610. The third-order valence-corrected chi connectivity index (χ3v) is 8.21. The van der Waals surface area contributed by atoms with Gasteiger partial charge in [-0.25, -0.2) is 9.59 Å². The van der Waals surface area contributed by atoms with Crippen molar-refractivity contribution in [2.24, 2.45) is 0 Å². The molecule has 2 aromatic carbocycles. The molecular formula is C30H35N3O11. The molecule has 4 N–H and O–H groups in total. The molecule has 0 aliphatic carbocycles. The minimum Gasteiger partial charge on any atom is -0.497 e. The number of carboxylic acids is 2. The van der Waals surface area contributed by atoms with Crippen molar-refractivity contribution < 1.29 is 48.7 Å². The summed E-state index contributed by atoms with van der Waals surface area (Å²) in [4.78, 5) is 53.6. The molecule has 0 amide bonds. The number of rotatable bonds is 11. The van der Waals surface area contributed by atoms with E-state index in [0.29, 0.717) is 43.2 Å². The van der Waals surface area contributed by atoms with E-state index in [1.807, 2.05) is 29.2 Å². The van der Waals surface area contributed by atoms with Crippen molar-refractivity contribution in [3.05, 3.63) is 52.9 Å². The number of carboxylic acid groups (broad SMARTS) is 2. The number of carbonyl (C=O) groups is 3. The van der Waals surface area contributed by atoms with Crippen LogP contribution in [0, 0.1) is 0 Å². The van der Waals surface area contributed by atoms with Gasteiger partial charge in [-0.05, 0) is 44.0 Å². The first kappa shape index (κ1) is 30.9. The van der Waals surface area contributed by atoms with Gasteiger partial charge in [-0.15, -0.1) is 0 Å². The number of fused-ring (bicyclic) bond motifs is 2. The minimum atomic E-state index is -2.85. The maximum atomic E-state index is 13.1. The predicted molar refractivity (Wildman–Crippen MR) is 154 cm³/mol. The molecule has 0 radical (unpaired) electrons. The van der Waals surface area contributed by atoms with Gasteiger partial charge >= 0.3 is 23.6 Å². The largest absolute Gasteiger partial charge is 0.497 e. The summed E-state index contributed by atoms with van der Waals surface area (Å²) in [6.45, 7) is 2.92. The van der Waals surface area contributed by atoms with Gasteiger partial charge in [-0.2, -0.15) is 0 Å². The summed E-state index contributed by atoms with van der Waals surface area (Å²) in [6, 6.07) is 12.4. The summed E-state index contributed by atoms with van der Waals surface area (Å²) in [5, 5.41) is 29.0. The molecule has 2 aliphatic heterocycles. The molecule has 5 rings (SSSR count). The number of piperidine rings is 1. The molecule has 3 unspecified atom stereocenters. The standard InChI is InChI=1S/C30H35N3O11/c1-29(17-42-23-13-19(41-2)7-8-22(23)44-29)24(43-26(36)15-30(40,27(37)38)14-25(34)35)16-32-11-9-18(10-12-32)33-21-6-4-3-5-20(21)31-28(33)39/h3-8,13,18,24,40H,9-12,14-17H2,1-2H3,(H,31,39)(H,34,35)(H,37,38). The van der Waals surface area contributed by atoms with Gasteiger partial charge in [0.2, 0.25) is 0 Å². The number of para-hydroxylation sites is 2. The molecule has 44 heavy (non-hydrogen) atoms. The van der Waals surface area contributed by atoms with Gasteiger partial charge in [-0.3, -0.25) is 19.1 Å². The fraction of sp³-hybridized carbons (Fsp3) is 0.467. The number of ether oxygens (including phenoxy) is 4. The number of aromatic amines is 1. The van der Waals surface area contributed by atoms with Crippen molar-refractivity contribution >= 4 is 28.9 Å². The lowest BCUT2D eigenvalue weighted by atomic mass is 9.94. The average Bonchev–Trinajstić information content (AvgIpc) is 3.32.